The summed E-state index contributed by atoms with van der Waals surface area (Å²) in [7, 11) is 0. The molecule has 0 spiro atoms. The van der Waals surface area contributed by atoms with E-state index in [1.165, 1.54) is 12.1 Å². The van der Waals surface area contributed by atoms with Crippen LogP contribution in [0.15, 0.2) is 48.5 Å². The molecule has 0 aliphatic carbocycles. The number of benzene rings is 3. The van der Waals surface area contributed by atoms with Crippen LogP contribution in [-0.2, 0) is 21.7 Å². The Morgan fingerprint density at radius 1 is 0.721 bits per heavy atom. The minimum absolute atomic E-state index is 0.137. The Labute approximate surface area is 238 Å². The third-order valence-electron chi connectivity index (χ3n) is 6.81. The number of hydrogen-bond acceptors (Lipinski definition) is 3. The van der Waals surface area contributed by atoms with Crippen molar-refractivity contribution >= 4 is 0 Å². The lowest BCUT2D eigenvalue weighted by molar-refractivity contribution is -0.432. The van der Waals surface area contributed by atoms with Gasteiger partial charge in [0.2, 0.25) is 0 Å². The molecule has 0 N–H and O–H groups in total. The summed E-state index contributed by atoms with van der Waals surface area (Å²) in [6, 6.07) is 6.90. The third kappa shape index (κ3) is 7.58. The molecule has 3 nitrogen and oxygen atoms in total. The molecule has 14 heteroatoms. The van der Waals surface area contributed by atoms with Gasteiger partial charge in [-0.3, -0.25) is 0 Å². The summed E-state index contributed by atoms with van der Waals surface area (Å²) in [5.41, 5.74) is -3.57. The summed E-state index contributed by atoms with van der Waals surface area (Å²) < 4.78 is 164. The van der Waals surface area contributed by atoms with Crippen molar-refractivity contribution < 1.29 is 62.5 Å². The first-order valence-corrected chi connectivity index (χ1v) is 12.9. The fraction of sp³-hybridized carbons (Fsp3) is 0.379. The highest BCUT2D eigenvalue weighted by atomic mass is 19.4. The number of ether oxygens (including phenoxy) is 3. The van der Waals surface area contributed by atoms with Crippen molar-refractivity contribution in [2.45, 2.75) is 57.3 Å². The summed E-state index contributed by atoms with van der Waals surface area (Å²) in [4.78, 5) is 0. The van der Waals surface area contributed by atoms with Crippen molar-refractivity contribution in [3.05, 3.63) is 88.5 Å². The molecule has 2 atom stereocenters. The number of alkyl halides is 7. The lowest BCUT2D eigenvalue weighted by Crippen LogP contribution is -2.30. The summed E-state index contributed by atoms with van der Waals surface area (Å²) in [6.07, 6.45) is -12.8. The molecule has 1 aliphatic rings. The number of hydrogen-bond donors (Lipinski definition) is 0. The van der Waals surface area contributed by atoms with Crippen LogP contribution in [0.4, 0.5) is 48.3 Å². The fourth-order valence-corrected chi connectivity index (χ4v) is 4.90. The zero-order chi connectivity index (χ0) is 31.7. The van der Waals surface area contributed by atoms with E-state index in [1.54, 1.807) is 12.1 Å². The van der Waals surface area contributed by atoms with Gasteiger partial charge in [-0.25, -0.2) is 22.3 Å². The second kappa shape index (κ2) is 12.3. The average molecular weight is 628 g/mol. The Balaban J connectivity index is 1.53. The number of rotatable bonds is 9. The van der Waals surface area contributed by atoms with Gasteiger partial charge in [0.1, 0.15) is 40.1 Å². The zero-order valence-electron chi connectivity index (χ0n) is 22.2. The van der Waals surface area contributed by atoms with E-state index in [9.17, 15) is 48.3 Å². The first-order valence-electron chi connectivity index (χ1n) is 12.9. The standard InChI is InChI=1S/C29H23F11O3/c1-2-3-15-4-9-24(41-14-15)17-7-5-16(6-8-17)18-10-20(30)25(21(31)11-18)27(34,35)42-19-12-22(32)26(23(33)13-19)28(36,37)43-29(38,39)40/h5-8,10-13,15,24H,2-4,9,14H2,1H3. The molecule has 1 saturated heterocycles. The Morgan fingerprint density at radius 2 is 1.26 bits per heavy atom. The second-order valence-electron chi connectivity index (χ2n) is 9.94. The molecule has 1 aliphatic heterocycles. The van der Waals surface area contributed by atoms with Crippen molar-refractivity contribution in [2.24, 2.45) is 5.92 Å². The molecule has 234 valence electrons. The van der Waals surface area contributed by atoms with Gasteiger partial charge >= 0.3 is 18.6 Å². The van der Waals surface area contributed by atoms with Crippen LogP contribution in [0.2, 0.25) is 0 Å². The largest absolute Gasteiger partial charge is 0.527 e. The molecule has 1 heterocycles. The molecule has 0 radical (unpaired) electrons. The van der Waals surface area contributed by atoms with Crippen LogP contribution in [0.3, 0.4) is 0 Å². The quantitative estimate of drug-likeness (QED) is 0.221. The van der Waals surface area contributed by atoms with Gasteiger partial charge in [0.05, 0.1) is 12.7 Å². The third-order valence-corrected chi connectivity index (χ3v) is 6.81. The van der Waals surface area contributed by atoms with Crippen LogP contribution in [0, 0.1) is 29.2 Å². The highest BCUT2D eigenvalue weighted by Crippen LogP contribution is 2.42. The predicted octanol–water partition coefficient (Wildman–Crippen LogP) is 9.89. The van der Waals surface area contributed by atoms with Gasteiger partial charge in [-0.2, -0.15) is 17.6 Å². The van der Waals surface area contributed by atoms with Crippen LogP contribution in [0.5, 0.6) is 5.75 Å². The summed E-state index contributed by atoms with van der Waals surface area (Å²) in [5, 5.41) is 0. The van der Waals surface area contributed by atoms with E-state index in [4.69, 9.17) is 4.74 Å². The monoisotopic (exact) mass is 628 g/mol. The van der Waals surface area contributed by atoms with Gasteiger partial charge in [0, 0.05) is 12.1 Å². The number of halogens is 11. The summed E-state index contributed by atoms with van der Waals surface area (Å²) in [6.45, 7) is 2.70. The molecule has 3 aromatic carbocycles. The van der Waals surface area contributed by atoms with Gasteiger partial charge in [-0.15, -0.1) is 13.2 Å². The Morgan fingerprint density at radius 3 is 1.74 bits per heavy atom. The highest BCUT2D eigenvalue weighted by molar-refractivity contribution is 5.64. The van der Waals surface area contributed by atoms with Crippen molar-refractivity contribution in [1.29, 1.82) is 0 Å². The molecule has 1 fully saturated rings. The Hall–Kier alpha value is -3.39. The Kier molecular flexibility index (Phi) is 9.31. The first-order chi connectivity index (χ1) is 20.0. The van der Waals surface area contributed by atoms with E-state index < -0.39 is 58.7 Å². The van der Waals surface area contributed by atoms with Crippen LogP contribution < -0.4 is 4.74 Å². The van der Waals surface area contributed by atoms with Crippen LogP contribution in [-0.4, -0.2) is 13.0 Å². The van der Waals surface area contributed by atoms with E-state index in [0.29, 0.717) is 24.7 Å². The topological polar surface area (TPSA) is 27.7 Å². The molecule has 3 aromatic rings. The molecule has 43 heavy (non-hydrogen) atoms. The van der Waals surface area contributed by atoms with Gasteiger partial charge < -0.3 is 9.47 Å². The first kappa shape index (κ1) is 32.5. The molecule has 0 bridgehead atoms. The smallest absolute Gasteiger partial charge is 0.429 e. The maximum absolute atomic E-state index is 14.8. The van der Waals surface area contributed by atoms with Gasteiger partial charge in [0.25, 0.3) is 0 Å². The van der Waals surface area contributed by atoms with Gasteiger partial charge in [0.15, 0.2) is 0 Å². The lowest BCUT2D eigenvalue weighted by atomic mass is 9.91. The van der Waals surface area contributed by atoms with Crippen molar-refractivity contribution in [3.8, 4) is 16.9 Å². The van der Waals surface area contributed by atoms with E-state index in [-0.39, 0.29) is 29.4 Å². The van der Waals surface area contributed by atoms with Crippen molar-refractivity contribution in [1.82, 2.24) is 0 Å². The molecule has 0 saturated carbocycles. The van der Waals surface area contributed by atoms with E-state index in [1.807, 2.05) is 0 Å². The maximum atomic E-state index is 14.8. The SMILES string of the molecule is CCCC1CCC(c2ccc(-c3cc(F)c(C(F)(F)Oc4cc(F)c(C(F)(F)OC(F)(F)F)c(F)c4)c(F)c3)cc2)OC1. The van der Waals surface area contributed by atoms with E-state index in [2.05, 4.69) is 16.4 Å². The average Bonchev–Trinajstić information content (AvgIpc) is 2.86. The predicted molar refractivity (Wildman–Crippen MR) is 130 cm³/mol. The highest BCUT2D eigenvalue weighted by Gasteiger charge is 2.50. The zero-order valence-corrected chi connectivity index (χ0v) is 22.2. The summed E-state index contributed by atoms with van der Waals surface area (Å²) >= 11 is 0. The molecule has 0 amide bonds. The molecule has 2 unspecified atom stereocenters. The maximum Gasteiger partial charge on any atom is 0.527 e. The van der Waals surface area contributed by atoms with E-state index in [0.717, 1.165) is 31.2 Å². The van der Waals surface area contributed by atoms with Crippen molar-refractivity contribution in [2.75, 3.05) is 6.61 Å². The minimum Gasteiger partial charge on any atom is -0.429 e. The van der Waals surface area contributed by atoms with Gasteiger partial charge in [-0.1, -0.05) is 37.6 Å². The van der Waals surface area contributed by atoms with Crippen molar-refractivity contribution in [3.63, 3.8) is 0 Å². The molecular weight excluding hydrogens is 605 g/mol. The second-order valence-corrected chi connectivity index (χ2v) is 9.94. The minimum atomic E-state index is -6.02. The van der Waals surface area contributed by atoms with Crippen LogP contribution in [0.1, 0.15) is 55.4 Å². The molecule has 4 rings (SSSR count). The molecule has 0 aromatic heterocycles. The Bertz CT molecular complexity index is 1380. The van der Waals surface area contributed by atoms with Gasteiger partial charge in [-0.05, 0) is 54.0 Å². The van der Waals surface area contributed by atoms with Crippen LogP contribution in [0.25, 0.3) is 11.1 Å². The van der Waals surface area contributed by atoms with E-state index >= 15 is 0 Å². The lowest BCUT2D eigenvalue weighted by Gasteiger charge is -2.29. The fourth-order valence-electron chi connectivity index (χ4n) is 4.90. The van der Waals surface area contributed by atoms with Crippen LogP contribution >= 0.6 is 0 Å². The molecular formula is C29H23F11O3. The summed E-state index contributed by atoms with van der Waals surface area (Å²) in [5.74, 6) is -9.63. The normalized spacial score (nSPS) is 18.1.